The molecule has 5 aromatic rings. The van der Waals surface area contributed by atoms with Gasteiger partial charge < -0.3 is 15.1 Å². The summed E-state index contributed by atoms with van der Waals surface area (Å²) in [6.45, 7) is 2.40. The summed E-state index contributed by atoms with van der Waals surface area (Å²) in [4.78, 5) is 85.5. The SMILES string of the molecule is O=C1CCC(N2C(=O)c3cccc(NCCCCC(=O)N4CCN(C(=O)Cn5cc(-c6ccc(-c7cncc8ccccc78)cc6)cn5)CC4)c3C2=O)C(=O)N1. The molecule has 1 atom stereocenters. The fourth-order valence-electron chi connectivity index (χ4n) is 7.68. The molecule has 2 saturated heterocycles. The first kappa shape index (κ1) is 36.3. The minimum atomic E-state index is -1.03. The van der Waals surface area contributed by atoms with Gasteiger partial charge in [0.25, 0.3) is 11.8 Å². The highest BCUT2D eigenvalue weighted by Crippen LogP contribution is 2.33. The van der Waals surface area contributed by atoms with Crippen LogP contribution < -0.4 is 10.6 Å². The normalized spacial score (nSPS) is 17.0. The first-order valence-electron chi connectivity index (χ1n) is 18.8. The molecule has 3 aromatic carbocycles. The molecular formula is C42H40N8O6. The number of piperazine rings is 1. The van der Waals surface area contributed by atoms with E-state index in [1.165, 1.54) is 0 Å². The maximum atomic E-state index is 13.3. The number of pyridine rings is 1. The van der Waals surface area contributed by atoms with Gasteiger partial charge >= 0.3 is 0 Å². The minimum Gasteiger partial charge on any atom is -0.384 e. The molecule has 5 heterocycles. The number of nitrogens with zero attached hydrogens (tertiary/aromatic N) is 6. The number of unbranched alkanes of at least 4 members (excludes halogenated alkanes) is 1. The van der Waals surface area contributed by atoms with Crippen LogP contribution in [0, 0.1) is 0 Å². The van der Waals surface area contributed by atoms with E-state index in [1.807, 2.05) is 42.9 Å². The summed E-state index contributed by atoms with van der Waals surface area (Å²) in [6.07, 6.45) is 9.13. The van der Waals surface area contributed by atoms with Crippen LogP contribution in [0.3, 0.4) is 0 Å². The molecule has 2 fully saturated rings. The van der Waals surface area contributed by atoms with Crippen molar-refractivity contribution in [2.75, 3.05) is 38.0 Å². The molecule has 14 nitrogen and oxygen atoms in total. The molecule has 14 heteroatoms. The van der Waals surface area contributed by atoms with E-state index in [9.17, 15) is 28.8 Å². The Morgan fingerprint density at radius 2 is 1.50 bits per heavy atom. The summed E-state index contributed by atoms with van der Waals surface area (Å²) in [5.74, 6) is -2.23. The maximum absolute atomic E-state index is 13.3. The Balaban J connectivity index is 0.770. The predicted molar refractivity (Wildman–Crippen MR) is 207 cm³/mol. The first-order valence-corrected chi connectivity index (χ1v) is 18.8. The van der Waals surface area contributed by atoms with E-state index >= 15 is 0 Å². The van der Waals surface area contributed by atoms with Crippen molar-refractivity contribution < 1.29 is 28.8 Å². The van der Waals surface area contributed by atoms with E-state index in [-0.39, 0.29) is 42.3 Å². The Morgan fingerprint density at radius 3 is 2.29 bits per heavy atom. The Bertz CT molecular complexity index is 2360. The van der Waals surface area contributed by atoms with Gasteiger partial charge in [-0.25, -0.2) is 0 Å². The second kappa shape index (κ2) is 15.6. The Hall–Kier alpha value is -6.70. The van der Waals surface area contributed by atoms with Gasteiger partial charge in [-0.2, -0.15) is 5.10 Å². The molecule has 284 valence electrons. The molecule has 6 amide bonds. The fourth-order valence-corrected chi connectivity index (χ4v) is 7.68. The first-order chi connectivity index (χ1) is 27.2. The molecule has 0 spiro atoms. The third kappa shape index (κ3) is 7.25. The monoisotopic (exact) mass is 752 g/mol. The fraction of sp³-hybridized carbons (Fsp3) is 0.286. The number of hydrogen-bond donors (Lipinski definition) is 2. The van der Waals surface area contributed by atoms with Crippen molar-refractivity contribution in [2.45, 2.75) is 44.7 Å². The van der Waals surface area contributed by atoms with Crippen LogP contribution in [0.1, 0.15) is 52.8 Å². The van der Waals surface area contributed by atoms with E-state index < -0.39 is 29.7 Å². The summed E-state index contributed by atoms with van der Waals surface area (Å²) < 4.78 is 1.65. The Kier molecular flexibility index (Phi) is 10.1. The highest BCUT2D eigenvalue weighted by molar-refractivity contribution is 6.25. The number of benzene rings is 3. The molecule has 0 saturated carbocycles. The van der Waals surface area contributed by atoms with Crippen molar-refractivity contribution in [1.82, 2.24) is 34.8 Å². The number of carbonyl (C=O) groups excluding carboxylic acids is 6. The number of nitrogens with one attached hydrogen (secondary N) is 2. The Labute approximate surface area is 322 Å². The zero-order valence-electron chi connectivity index (χ0n) is 30.6. The maximum Gasteiger partial charge on any atom is 0.264 e. The number of hydrogen-bond acceptors (Lipinski definition) is 9. The van der Waals surface area contributed by atoms with Crippen molar-refractivity contribution in [1.29, 1.82) is 0 Å². The molecule has 0 radical (unpaired) electrons. The quantitative estimate of drug-likeness (QED) is 0.149. The standard InChI is InChI=1S/C42H40N8O6/c51-36-16-15-35(40(54)46-36)50-41(55)32-8-5-9-34(39(32)42(50)56)44-17-4-3-10-37(52)47-18-20-48(21-19-47)38(53)26-49-25-30(23-45-49)27-11-13-28(14-12-27)33-24-43-22-29-6-1-2-7-31(29)33/h1-2,5-9,11-14,22-25,35,44H,3-4,10,15-21,26H2,(H,46,51,54). The van der Waals surface area contributed by atoms with E-state index in [0.717, 1.165) is 37.9 Å². The van der Waals surface area contributed by atoms with E-state index in [2.05, 4.69) is 45.0 Å². The number of fused-ring (bicyclic) bond motifs is 2. The zero-order chi connectivity index (χ0) is 38.8. The van der Waals surface area contributed by atoms with Crippen molar-refractivity contribution in [3.05, 3.63) is 103 Å². The molecule has 1 unspecified atom stereocenters. The minimum absolute atomic E-state index is 0.0257. The van der Waals surface area contributed by atoms with Crippen LogP contribution in [0.4, 0.5) is 5.69 Å². The van der Waals surface area contributed by atoms with Gasteiger partial charge in [-0.15, -0.1) is 0 Å². The third-order valence-corrected chi connectivity index (χ3v) is 10.7. The molecule has 0 aliphatic carbocycles. The second-order valence-electron chi connectivity index (χ2n) is 14.2. The number of anilines is 1. The second-order valence-corrected chi connectivity index (χ2v) is 14.2. The average molecular weight is 753 g/mol. The molecular weight excluding hydrogens is 713 g/mol. The van der Waals surface area contributed by atoms with Crippen molar-refractivity contribution in [2.24, 2.45) is 0 Å². The molecule has 2 aromatic heterocycles. The summed E-state index contributed by atoms with van der Waals surface area (Å²) in [7, 11) is 0. The van der Waals surface area contributed by atoms with Crippen LogP contribution in [-0.4, -0.2) is 104 Å². The molecule has 0 bridgehead atoms. The van der Waals surface area contributed by atoms with Crippen LogP contribution in [0.2, 0.25) is 0 Å². The van der Waals surface area contributed by atoms with Crippen molar-refractivity contribution in [3.63, 3.8) is 0 Å². The van der Waals surface area contributed by atoms with E-state index in [4.69, 9.17) is 0 Å². The number of aromatic nitrogens is 3. The van der Waals surface area contributed by atoms with Gasteiger partial charge in [0.1, 0.15) is 12.6 Å². The molecule has 3 aliphatic heterocycles. The van der Waals surface area contributed by atoms with Gasteiger partial charge in [-0.1, -0.05) is 54.6 Å². The van der Waals surface area contributed by atoms with Crippen LogP contribution in [0.25, 0.3) is 33.0 Å². The molecule has 2 N–H and O–H groups in total. The number of carbonyl (C=O) groups is 6. The van der Waals surface area contributed by atoms with Crippen molar-refractivity contribution in [3.8, 4) is 22.3 Å². The van der Waals surface area contributed by atoms with E-state index in [0.29, 0.717) is 57.7 Å². The third-order valence-electron chi connectivity index (χ3n) is 10.7. The van der Waals surface area contributed by atoms with Gasteiger partial charge in [0.05, 0.1) is 17.3 Å². The van der Waals surface area contributed by atoms with E-state index in [1.54, 1.807) is 38.9 Å². The molecule has 3 aliphatic rings. The van der Waals surface area contributed by atoms with Crippen LogP contribution in [0.5, 0.6) is 0 Å². The Morgan fingerprint density at radius 1 is 0.750 bits per heavy atom. The summed E-state index contributed by atoms with van der Waals surface area (Å²) >= 11 is 0. The zero-order valence-corrected chi connectivity index (χ0v) is 30.6. The highest BCUT2D eigenvalue weighted by Gasteiger charge is 2.45. The number of amides is 6. The van der Waals surface area contributed by atoms with Crippen LogP contribution in [-0.2, 0) is 25.7 Å². The van der Waals surface area contributed by atoms with Gasteiger partial charge in [0.2, 0.25) is 23.6 Å². The van der Waals surface area contributed by atoms with Crippen molar-refractivity contribution >= 4 is 51.9 Å². The lowest BCUT2D eigenvalue weighted by atomic mass is 9.99. The molecule has 8 rings (SSSR count). The summed E-state index contributed by atoms with van der Waals surface area (Å²) in [5.41, 5.74) is 4.96. The van der Waals surface area contributed by atoms with Crippen LogP contribution >= 0.6 is 0 Å². The largest absolute Gasteiger partial charge is 0.384 e. The lowest BCUT2D eigenvalue weighted by Gasteiger charge is -2.34. The number of rotatable bonds is 11. The smallest absolute Gasteiger partial charge is 0.264 e. The number of piperidine rings is 1. The average Bonchev–Trinajstić information content (AvgIpc) is 3.79. The van der Waals surface area contributed by atoms with Gasteiger partial charge in [-0.3, -0.25) is 48.6 Å². The molecule has 56 heavy (non-hydrogen) atoms. The lowest BCUT2D eigenvalue weighted by molar-refractivity contribution is -0.140. The van der Waals surface area contributed by atoms with Crippen LogP contribution in [0.15, 0.2) is 91.5 Å². The highest BCUT2D eigenvalue weighted by atomic mass is 16.2. The number of imide groups is 2. The lowest BCUT2D eigenvalue weighted by Crippen LogP contribution is -2.54. The summed E-state index contributed by atoms with van der Waals surface area (Å²) in [5, 5.41) is 12.1. The predicted octanol–water partition coefficient (Wildman–Crippen LogP) is 4.12. The topological polar surface area (TPSA) is 167 Å². The van der Waals surface area contributed by atoms with Gasteiger partial charge in [0.15, 0.2) is 0 Å². The summed E-state index contributed by atoms with van der Waals surface area (Å²) in [6, 6.07) is 20.3. The van der Waals surface area contributed by atoms with Gasteiger partial charge in [0, 0.05) is 86.4 Å². The van der Waals surface area contributed by atoms with Gasteiger partial charge in [-0.05, 0) is 47.9 Å².